The predicted octanol–water partition coefficient (Wildman–Crippen LogP) is 2.89. The van der Waals surface area contributed by atoms with Gasteiger partial charge in [0.05, 0.1) is 22.6 Å². The lowest BCUT2D eigenvalue weighted by Crippen LogP contribution is -2.32. The zero-order chi connectivity index (χ0) is 20.7. The Hall–Kier alpha value is -3.29. The average Bonchev–Trinajstić information content (AvgIpc) is 3.49. The second-order valence-corrected chi connectivity index (χ2v) is 7.43. The number of fused-ring (bicyclic) bond motifs is 1. The Morgan fingerprint density at radius 1 is 1.31 bits per heavy atom. The van der Waals surface area contributed by atoms with Gasteiger partial charge >= 0.3 is 5.97 Å². The van der Waals surface area contributed by atoms with Crippen molar-refractivity contribution in [3.05, 3.63) is 58.7 Å². The van der Waals surface area contributed by atoms with Crippen LogP contribution in [0.4, 0.5) is 4.39 Å². The first kappa shape index (κ1) is 19.0. The first-order valence-electron chi connectivity index (χ1n) is 9.46. The van der Waals surface area contributed by atoms with Crippen molar-refractivity contribution in [2.45, 2.75) is 31.6 Å². The number of rotatable bonds is 6. The number of pyridine rings is 1. The summed E-state index contributed by atoms with van der Waals surface area (Å²) in [5.41, 5.74) is 3.07. The highest BCUT2D eigenvalue weighted by Gasteiger charge is 2.29. The van der Waals surface area contributed by atoms with Crippen LogP contribution in [0, 0.1) is 12.7 Å². The van der Waals surface area contributed by atoms with Gasteiger partial charge in [0, 0.05) is 25.2 Å². The smallest absolute Gasteiger partial charge is 0.312 e. The third-order valence-electron chi connectivity index (χ3n) is 5.27. The van der Waals surface area contributed by atoms with Crippen LogP contribution in [0.2, 0.25) is 0 Å². The number of nitrogens with zero attached hydrogens (tertiary/aromatic N) is 3. The van der Waals surface area contributed by atoms with Gasteiger partial charge in [-0.3, -0.25) is 14.3 Å². The molecule has 2 N–H and O–H groups in total. The van der Waals surface area contributed by atoms with Crippen molar-refractivity contribution >= 4 is 22.9 Å². The molecule has 4 rings (SSSR count). The summed E-state index contributed by atoms with van der Waals surface area (Å²) in [5, 5.41) is 17.3. The second kappa shape index (κ2) is 7.27. The van der Waals surface area contributed by atoms with Gasteiger partial charge < -0.3 is 10.4 Å². The van der Waals surface area contributed by atoms with Crippen LogP contribution in [0.25, 0.3) is 11.0 Å². The standard InChI is InChI=1S/C21H21FN4O3/c1-11-18-15(9-17(13-3-4-13)24-19(18)26(2)25-11)20(27)23-10-16(21(28)29)12-5-7-14(22)8-6-12/h5-9,13,16H,3-4,10H2,1-2H3,(H,23,27)(H,28,29). The summed E-state index contributed by atoms with van der Waals surface area (Å²) in [6, 6.07) is 7.04. The number of carbonyl (C=O) groups excluding carboxylic acids is 1. The van der Waals surface area contributed by atoms with E-state index in [-0.39, 0.29) is 12.5 Å². The van der Waals surface area contributed by atoms with Gasteiger partial charge in [-0.1, -0.05) is 12.1 Å². The van der Waals surface area contributed by atoms with Crippen LogP contribution in [0.3, 0.4) is 0 Å². The Labute approximate surface area is 166 Å². The number of nitrogens with one attached hydrogen (secondary N) is 1. The third kappa shape index (κ3) is 3.70. The highest BCUT2D eigenvalue weighted by Crippen LogP contribution is 2.40. The Bertz CT molecular complexity index is 1100. The number of halogens is 1. The summed E-state index contributed by atoms with van der Waals surface area (Å²) in [5.74, 6) is -2.53. The number of carboxylic acid groups (broad SMARTS) is 1. The number of aromatic nitrogens is 3. The summed E-state index contributed by atoms with van der Waals surface area (Å²) in [6.45, 7) is 1.71. The van der Waals surface area contributed by atoms with Crippen LogP contribution in [-0.4, -0.2) is 38.3 Å². The molecular formula is C21H21FN4O3. The quantitative estimate of drug-likeness (QED) is 0.668. The molecule has 1 atom stereocenters. The lowest BCUT2D eigenvalue weighted by Gasteiger charge is -2.15. The third-order valence-corrected chi connectivity index (χ3v) is 5.27. The number of benzene rings is 1. The van der Waals surface area contributed by atoms with Crippen molar-refractivity contribution in [3.63, 3.8) is 0 Å². The van der Waals surface area contributed by atoms with Crippen molar-refractivity contribution < 1.29 is 19.1 Å². The number of carbonyl (C=O) groups is 2. The highest BCUT2D eigenvalue weighted by atomic mass is 19.1. The van der Waals surface area contributed by atoms with Crippen LogP contribution >= 0.6 is 0 Å². The number of amides is 1. The zero-order valence-corrected chi connectivity index (χ0v) is 16.1. The van der Waals surface area contributed by atoms with E-state index in [0.29, 0.717) is 33.8 Å². The lowest BCUT2D eigenvalue weighted by molar-refractivity contribution is -0.138. The summed E-state index contributed by atoms with van der Waals surface area (Å²) < 4.78 is 14.8. The number of aliphatic carboxylic acids is 1. The topological polar surface area (TPSA) is 97.1 Å². The monoisotopic (exact) mass is 396 g/mol. The minimum absolute atomic E-state index is 0.109. The van der Waals surface area contributed by atoms with E-state index in [0.717, 1.165) is 18.5 Å². The first-order chi connectivity index (χ1) is 13.8. The van der Waals surface area contributed by atoms with E-state index in [4.69, 9.17) is 0 Å². The van der Waals surface area contributed by atoms with Gasteiger partial charge in [0.25, 0.3) is 5.91 Å². The van der Waals surface area contributed by atoms with E-state index < -0.39 is 17.7 Å². The van der Waals surface area contributed by atoms with Crippen molar-refractivity contribution in [1.82, 2.24) is 20.1 Å². The molecule has 2 aromatic heterocycles. The number of hydrogen-bond acceptors (Lipinski definition) is 4. The molecule has 150 valence electrons. The van der Waals surface area contributed by atoms with Crippen molar-refractivity contribution in [3.8, 4) is 0 Å². The van der Waals surface area contributed by atoms with E-state index in [2.05, 4.69) is 15.4 Å². The van der Waals surface area contributed by atoms with Crippen molar-refractivity contribution in [2.24, 2.45) is 7.05 Å². The largest absolute Gasteiger partial charge is 0.481 e. The maximum atomic E-state index is 13.2. The van der Waals surface area contributed by atoms with Crippen LogP contribution in [-0.2, 0) is 11.8 Å². The van der Waals surface area contributed by atoms with Crippen molar-refractivity contribution in [2.75, 3.05) is 6.54 Å². The summed E-state index contributed by atoms with van der Waals surface area (Å²) in [4.78, 5) is 29.4. The molecule has 0 bridgehead atoms. The van der Waals surface area contributed by atoms with E-state index in [1.54, 1.807) is 17.8 Å². The maximum Gasteiger partial charge on any atom is 0.312 e. The van der Waals surface area contributed by atoms with Crippen LogP contribution in [0.15, 0.2) is 30.3 Å². The predicted molar refractivity (Wildman–Crippen MR) is 104 cm³/mol. The minimum atomic E-state index is -1.09. The molecule has 0 saturated heterocycles. The number of aryl methyl sites for hydroxylation is 2. The molecule has 29 heavy (non-hydrogen) atoms. The molecule has 1 aliphatic carbocycles. The minimum Gasteiger partial charge on any atom is -0.481 e. The van der Waals surface area contributed by atoms with Crippen LogP contribution in [0.5, 0.6) is 0 Å². The molecule has 8 heteroatoms. The van der Waals surface area contributed by atoms with E-state index in [1.165, 1.54) is 24.3 Å². The summed E-state index contributed by atoms with van der Waals surface area (Å²) in [6.07, 6.45) is 2.09. The Morgan fingerprint density at radius 2 is 2.00 bits per heavy atom. The van der Waals surface area contributed by atoms with Gasteiger partial charge in [-0.25, -0.2) is 9.37 Å². The summed E-state index contributed by atoms with van der Waals surface area (Å²) in [7, 11) is 1.79. The molecule has 1 aromatic carbocycles. The molecule has 0 spiro atoms. The molecule has 3 aromatic rings. The van der Waals surface area contributed by atoms with Gasteiger partial charge in [-0.15, -0.1) is 0 Å². The van der Waals surface area contributed by atoms with Gasteiger partial charge in [0.1, 0.15) is 5.82 Å². The fourth-order valence-corrected chi connectivity index (χ4v) is 3.56. The molecule has 0 radical (unpaired) electrons. The molecule has 7 nitrogen and oxygen atoms in total. The molecule has 1 fully saturated rings. The molecule has 2 heterocycles. The first-order valence-corrected chi connectivity index (χ1v) is 9.46. The Balaban J connectivity index is 1.63. The van der Waals surface area contributed by atoms with E-state index in [9.17, 15) is 19.1 Å². The molecular weight excluding hydrogens is 375 g/mol. The molecule has 0 aliphatic heterocycles. The molecule has 1 amide bonds. The fourth-order valence-electron chi connectivity index (χ4n) is 3.56. The normalized spacial score (nSPS) is 14.7. The highest BCUT2D eigenvalue weighted by molar-refractivity contribution is 6.06. The lowest BCUT2D eigenvalue weighted by atomic mass is 9.99. The summed E-state index contributed by atoms with van der Waals surface area (Å²) >= 11 is 0. The average molecular weight is 396 g/mol. The number of hydrogen-bond donors (Lipinski definition) is 2. The van der Waals surface area contributed by atoms with E-state index >= 15 is 0 Å². The molecule has 1 aliphatic rings. The Kier molecular flexibility index (Phi) is 4.77. The SMILES string of the molecule is Cc1nn(C)c2nc(C3CC3)cc(C(=O)NCC(C(=O)O)c3ccc(F)cc3)c12. The zero-order valence-electron chi connectivity index (χ0n) is 16.1. The molecule has 1 unspecified atom stereocenters. The van der Waals surface area contributed by atoms with Gasteiger partial charge in [-0.2, -0.15) is 5.10 Å². The van der Waals surface area contributed by atoms with Gasteiger partial charge in [-0.05, 0) is 43.5 Å². The van der Waals surface area contributed by atoms with Gasteiger partial charge in [0.2, 0.25) is 0 Å². The number of carboxylic acids is 1. The van der Waals surface area contributed by atoms with Crippen LogP contribution in [0.1, 0.15) is 52.0 Å². The molecule has 1 saturated carbocycles. The van der Waals surface area contributed by atoms with Crippen LogP contribution < -0.4 is 5.32 Å². The van der Waals surface area contributed by atoms with Crippen molar-refractivity contribution in [1.29, 1.82) is 0 Å². The van der Waals surface area contributed by atoms with E-state index in [1.807, 2.05) is 6.92 Å². The Morgan fingerprint density at radius 3 is 2.62 bits per heavy atom. The fraction of sp³-hybridized carbons (Fsp3) is 0.333. The van der Waals surface area contributed by atoms with Gasteiger partial charge in [0.15, 0.2) is 5.65 Å². The maximum absolute atomic E-state index is 13.2. The second-order valence-electron chi connectivity index (χ2n) is 7.43.